The van der Waals surface area contributed by atoms with Crippen molar-refractivity contribution in [1.29, 1.82) is 0 Å². The van der Waals surface area contributed by atoms with Crippen molar-refractivity contribution in [2.24, 2.45) is 7.05 Å². The molecule has 0 bridgehead atoms. The number of hydrogen-bond donors (Lipinski definition) is 1. The highest BCUT2D eigenvalue weighted by Crippen LogP contribution is 2.30. The number of nitrogens with zero attached hydrogens (tertiary/aromatic N) is 2. The number of carbonyl (C=O) groups is 1. The normalized spacial score (nSPS) is 18.3. The Balaban J connectivity index is 1.62. The summed E-state index contributed by atoms with van der Waals surface area (Å²) in [4.78, 5) is 14.5. The van der Waals surface area contributed by atoms with Crippen LogP contribution in [0.25, 0.3) is 10.2 Å². The summed E-state index contributed by atoms with van der Waals surface area (Å²) in [6.45, 7) is 2.62. The molecule has 1 N–H and O–H groups in total. The van der Waals surface area contributed by atoms with Gasteiger partial charge in [-0.15, -0.1) is 11.3 Å². The van der Waals surface area contributed by atoms with Gasteiger partial charge < -0.3 is 10.1 Å². The van der Waals surface area contributed by atoms with Gasteiger partial charge in [-0.2, -0.15) is 5.10 Å². The van der Waals surface area contributed by atoms with E-state index in [4.69, 9.17) is 4.74 Å². The van der Waals surface area contributed by atoms with E-state index in [-0.39, 0.29) is 23.9 Å². The quantitative estimate of drug-likeness (QED) is 0.758. The number of halogens is 1. The van der Waals surface area contributed by atoms with Crippen molar-refractivity contribution in [3.8, 4) is 0 Å². The number of aromatic nitrogens is 2. The molecule has 7 heteroatoms. The summed E-state index contributed by atoms with van der Waals surface area (Å²) in [5, 5.41) is 8.46. The van der Waals surface area contributed by atoms with Crippen LogP contribution in [0.5, 0.6) is 0 Å². The number of carbonyl (C=O) groups excluding carboxylic acids is 1. The Bertz CT molecular complexity index is 907. The van der Waals surface area contributed by atoms with E-state index < -0.39 is 0 Å². The van der Waals surface area contributed by atoms with Gasteiger partial charge in [-0.3, -0.25) is 9.48 Å². The molecule has 0 radical (unpaired) electrons. The van der Waals surface area contributed by atoms with E-state index in [1.54, 1.807) is 16.8 Å². The first-order valence-corrected chi connectivity index (χ1v) is 9.45. The number of benzene rings is 1. The lowest BCUT2D eigenvalue weighted by Gasteiger charge is -2.24. The molecule has 5 nitrogen and oxygen atoms in total. The van der Waals surface area contributed by atoms with Gasteiger partial charge in [0.05, 0.1) is 22.7 Å². The monoisotopic (exact) mass is 373 g/mol. The molecule has 136 valence electrons. The third-order valence-electron chi connectivity index (χ3n) is 4.77. The van der Waals surface area contributed by atoms with Gasteiger partial charge in [-0.25, -0.2) is 4.39 Å². The highest BCUT2D eigenvalue weighted by atomic mass is 32.1. The molecule has 1 amide bonds. The van der Waals surface area contributed by atoms with Crippen molar-refractivity contribution in [2.45, 2.75) is 31.9 Å². The van der Waals surface area contributed by atoms with Gasteiger partial charge in [-0.1, -0.05) is 12.1 Å². The molecule has 0 spiro atoms. The second-order valence-electron chi connectivity index (χ2n) is 6.59. The van der Waals surface area contributed by atoms with E-state index in [1.807, 2.05) is 20.0 Å². The molecule has 0 saturated carbocycles. The average molecular weight is 373 g/mol. The summed E-state index contributed by atoms with van der Waals surface area (Å²) >= 11 is 1.42. The van der Waals surface area contributed by atoms with Crippen LogP contribution >= 0.6 is 11.3 Å². The molecule has 1 aliphatic heterocycles. The lowest BCUT2D eigenvalue weighted by Crippen LogP contribution is -2.35. The SMILES string of the molecule is Cc1nn(C)c2sc(C(=O)N[C@H](c3ccc(F)cc3)[C@@H]3CCCO3)cc12. The molecule has 0 aliphatic carbocycles. The Morgan fingerprint density at radius 2 is 2.19 bits per heavy atom. The first-order valence-electron chi connectivity index (χ1n) is 8.64. The van der Waals surface area contributed by atoms with Crippen LogP contribution in [0.3, 0.4) is 0 Å². The number of amides is 1. The maximum absolute atomic E-state index is 13.3. The number of hydrogen-bond acceptors (Lipinski definition) is 4. The van der Waals surface area contributed by atoms with Gasteiger partial charge in [0.2, 0.25) is 0 Å². The molecule has 1 aromatic carbocycles. The zero-order chi connectivity index (χ0) is 18.3. The maximum Gasteiger partial charge on any atom is 0.262 e. The standard InChI is InChI=1S/C19H20FN3O2S/c1-11-14-10-16(26-19(14)23(2)22-11)18(24)21-17(15-4-3-9-25-15)12-5-7-13(20)8-6-12/h5-8,10,15,17H,3-4,9H2,1-2H3,(H,21,24)/t15-,17+/m0/s1. The Morgan fingerprint density at radius 1 is 1.42 bits per heavy atom. The highest BCUT2D eigenvalue weighted by Gasteiger charge is 2.29. The minimum atomic E-state index is -0.296. The van der Waals surface area contributed by atoms with Crippen molar-refractivity contribution >= 4 is 27.5 Å². The van der Waals surface area contributed by atoms with Gasteiger partial charge in [0, 0.05) is 19.0 Å². The predicted octanol–water partition coefficient (Wildman–Crippen LogP) is 3.73. The number of nitrogens with one attached hydrogen (secondary N) is 1. The lowest BCUT2D eigenvalue weighted by atomic mass is 9.99. The van der Waals surface area contributed by atoms with Gasteiger partial charge in [0.25, 0.3) is 5.91 Å². The molecular formula is C19H20FN3O2S. The van der Waals surface area contributed by atoms with E-state index in [2.05, 4.69) is 10.4 Å². The summed E-state index contributed by atoms with van der Waals surface area (Å²) in [7, 11) is 1.88. The maximum atomic E-state index is 13.3. The van der Waals surface area contributed by atoms with E-state index in [9.17, 15) is 9.18 Å². The molecule has 1 fully saturated rings. The number of aryl methyl sites for hydroxylation is 2. The summed E-state index contributed by atoms with van der Waals surface area (Å²) in [5.74, 6) is -0.436. The third-order valence-corrected chi connectivity index (χ3v) is 5.97. The van der Waals surface area contributed by atoms with Crippen LogP contribution < -0.4 is 5.32 Å². The first-order chi connectivity index (χ1) is 12.5. The van der Waals surface area contributed by atoms with Crippen LogP contribution in [0.15, 0.2) is 30.3 Å². The van der Waals surface area contributed by atoms with Crippen LogP contribution in [0.2, 0.25) is 0 Å². The second-order valence-corrected chi connectivity index (χ2v) is 7.62. The molecule has 2 atom stereocenters. The van der Waals surface area contributed by atoms with Crippen molar-refractivity contribution < 1.29 is 13.9 Å². The summed E-state index contributed by atoms with van der Waals surface area (Å²) < 4.78 is 20.9. The summed E-state index contributed by atoms with van der Waals surface area (Å²) in [5.41, 5.74) is 1.76. The Labute approximate surface area is 154 Å². The largest absolute Gasteiger partial charge is 0.376 e. The van der Waals surface area contributed by atoms with Crippen LogP contribution in [0, 0.1) is 12.7 Å². The van der Waals surface area contributed by atoms with Crippen molar-refractivity contribution in [2.75, 3.05) is 6.61 Å². The molecule has 1 aliphatic rings. The summed E-state index contributed by atoms with van der Waals surface area (Å²) in [6, 6.07) is 7.84. The number of fused-ring (bicyclic) bond motifs is 1. The summed E-state index contributed by atoms with van der Waals surface area (Å²) in [6.07, 6.45) is 1.74. The van der Waals surface area contributed by atoms with E-state index in [1.165, 1.54) is 23.5 Å². The van der Waals surface area contributed by atoms with E-state index in [0.29, 0.717) is 11.5 Å². The highest BCUT2D eigenvalue weighted by molar-refractivity contribution is 7.20. The fourth-order valence-corrected chi connectivity index (χ4v) is 4.48. The van der Waals surface area contributed by atoms with Crippen molar-refractivity contribution in [3.05, 3.63) is 52.3 Å². The number of rotatable bonds is 4. The van der Waals surface area contributed by atoms with Crippen molar-refractivity contribution in [1.82, 2.24) is 15.1 Å². The molecular weight excluding hydrogens is 353 g/mol. The Hall–Kier alpha value is -2.25. The minimum absolute atomic E-state index is 0.0952. The van der Waals surface area contributed by atoms with E-state index >= 15 is 0 Å². The lowest BCUT2D eigenvalue weighted by molar-refractivity contribution is 0.0674. The van der Waals surface area contributed by atoms with Crippen molar-refractivity contribution in [3.63, 3.8) is 0 Å². The minimum Gasteiger partial charge on any atom is -0.376 e. The second kappa shape index (κ2) is 6.81. The predicted molar refractivity (Wildman–Crippen MR) is 98.9 cm³/mol. The van der Waals surface area contributed by atoms with Crippen LogP contribution in [0.4, 0.5) is 4.39 Å². The molecule has 3 heterocycles. The van der Waals surface area contributed by atoms with Gasteiger partial charge in [-0.05, 0) is 43.5 Å². The van der Waals surface area contributed by atoms with Crippen LogP contribution in [-0.4, -0.2) is 28.4 Å². The Morgan fingerprint density at radius 3 is 2.85 bits per heavy atom. The van der Waals surface area contributed by atoms with Gasteiger partial charge >= 0.3 is 0 Å². The van der Waals surface area contributed by atoms with Crippen LogP contribution in [-0.2, 0) is 11.8 Å². The molecule has 26 heavy (non-hydrogen) atoms. The smallest absolute Gasteiger partial charge is 0.262 e. The molecule has 2 aromatic heterocycles. The molecule has 3 aromatic rings. The van der Waals surface area contributed by atoms with Gasteiger partial charge in [0.1, 0.15) is 10.6 Å². The first kappa shape index (κ1) is 17.2. The fraction of sp³-hybridized carbons (Fsp3) is 0.368. The zero-order valence-corrected chi connectivity index (χ0v) is 15.5. The fourth-order valence-electron chi connectivity index (χ4n) is 3.46. The molecule has 1 saturated heterocycles. The average Bonchev–Trinajstić information content (AvgIpc) is 3.34. The van der Waals surface area contributed by atoms with Crippen LogP contribution in [0.1, 0.15) is 39.8 Å². The topological polar surface area (TPSA) is 56.2 Å². The molecule has 0 unspecified atom stereocenters. The van der Waals surface area contributed by atoms with Gasteiger partial charge in [0.15, 0.2) is 0 Å². The zero-order valence-electron chi connectivity index (χ0n) is 14.7. The molecule has 4 rings (SSSR count). The third kappa shape index (κ3) is 3.12. The Kier molecular flexibility index (Phi) is 4.50. The number of thiophene rings is 1. The number of ether oxygens (including phenoxy) is 1. The van der Waals surface area contributed by atoms with E-state index in [0.717, 1.165) is 34.3 Å².